The summed E-state index contributed by atoms with van der Waals surface area (Å²) in [5.41, 5.74) is 0.298. The second kappa shape index (κ2) is 7.22. The summed E-state index contributed by atoms with van der Waals surface area (Å²) in [7, 11) is 0. The number of alkyl halides is 4. The van der Waals surface area contributed by atoms with Gasteiger partial charge in [-0.15, -0.1) is 0 Å². The van der Waals surface area contributed by atoms with Crippen LogP contribution in [-0.2, 0) is 11.3 Å². The molecule has 1 heterocycles. The molecule has 0 fully saturated rings. The number of nitrogens with one attached hydrogen (secondary N) is 1. The standard InChI is InChI=1S/C11H15F4N3O/c1-2-3-16-9-5-17-8(4-18-9)6-19-7-11(14,15)10(12)13/h4-5,10H,2-3,6-7H2,1H3,(H,16,18). The third-order valence-corrected chi connectivity index (χ3v) is 2.13. The van der Waals surface area contributed by atoms with E-state index in [0.717, 1.165) is 13.0 Å². The van der Waals surface area contributed by atoms with Gasteiger partial charge in [-0.05, 0) is 6.42 Å². The highest BCUT2D eigenvalue weighted by Crippen LogP contribution is 2.23. The molecule has 0 aliphatic rings. The third-order valence-electron chi connectivity index (χ3n) is 2.13. The molecule has 0 bridgehead atoms. The van der Waals surface area contributed by atoms with Crippen molar-refractivity contribution in [1.82, 2.24) is 9.97 Å². The molecule has 1 aromatic rings. The Bertz CT molecular complexity index is 373. The Morgan fingerprint density at radius 2 is 2.05 bits per heavy atom. The van der Waals surface area contributed by atoms with Gasteiger partial charge in [-0.25, -0.2) is 13.8 Å². The molecule has 0 spiro atoms. The second-order valence-corrected chi connectivity index (χ2v) is 3.87. The van der Waals surface area contributed by atoms with Gasteiger partial charge >= 0.3 is 12.3 Å². The molecule has 8 heteroatoms. The van der Waals surface area contributed by atoms with E-state index in [0.29, 0.717) is 11.5 Å². The van der Waals surface area contributed by atoms with E-state index in [1.165, 1.54) is 12.4 Å². The molecular formula is C11H15F4N3O. The van der Waals surface area contributed by atoms with Crippen molar-refractivity contribution in [3.63, 3.8) is 0 Å². The van der Waals surface area contributed by atoms with Gasteiger partial charge in [0.15, 0.2) is 0 Å². The van der Waals surface area contributed by atoms with Crippen LogP contribution in [0.15, 0.2) is 12.4 Å². The fourth-order valence-electron chi connectivity index (χ4n) is 1.13. The summed E-state index contributed by atoms with van der Waals surface area (Å²) >= 11 is 0. The SMILES string of the molecule is CCCNc1cnc(COCC(F)(F)C(F)F)cn1. The maximum absolute atomic E-state index is 12.5. The molecule has 0 aromatic carbocycles. The molecule has 0 aliphatic carbocycles. The van der Waals surface area contributed by atoms with E-state index in [2.05, 4.69) is 20.0 Å². The first kappa shape index (κ1) is 15.6. The van der Waals surface area contributed by atoms with Crippen molar-refractivity contribution >= 4 is 5.82 Å². The molecule has 0 saturated carbocycles. The van der Waals surface area contributed by atoms with Crippen molar-refractivity contribution in [1.29, 1.82) is 0 Å². The van der Waals surface area contributed by atoms with Crippen LogP contribution in [0.2, 0.25) is 0 Å². The van der Waals surface area contributed by atoms with Gasteiger partial charge in [-0.3, -0.25) is 4.98 Å². The van der Waals surface area contributed by atoms with Crippen LogP contribution in [0, 0.1) is 0 Å². The predicted octanol–water partition coefficient (Wildman–Crippen LogP) is 2.72. The normalized spacial score (nSPS) is 11.9. The zero-order chi connectivity index (χ0) is 14.3. The van der Waals surface area contributed by atoms with E-state index < -0.39 is 19.0 Å². The van der Waals surface area contributed by atoms with E-state index in [9.17, 15) is 17.6 Å². The lowest BCUT2D eigenvalue weighted by atomic mass is 10.4. The molecule has 0 aliphatic heterocycles. The lowest BCUT2D eigenvalue weighted by Gasteiger charge is -2.14. The number of ether oxygens (including phenoxy) is 1. The van der Waals surface area contributed by atoms with Crippen LogP contribution in [0.5, 0.6) is 0 Å². The van der Waals surface area contributed by atoms with Crippen LogP contribution in [-0.4, -0.2) is 35.5 Å². The number of hydrogen-bond donors (Lipinski definition) is 1. The lowest BCUT2D eigenvalue weighted by Crippen LogP contribution is -2.32. The average molecular weight is 281 g/mol. The predicted molar refractivity (Wildman–Crippen MR) is 61.4 cm³/mol. The number of hydrogen-bond acceptors (Lipinski definition) is 4. The zero-order valence-electron chi connectivity index (χ0n) is 10.4. The van der Waals surface area contributed by atoms with Gasteiger partial charge in [-0.2, -0.15) is 8.78 Å². The number of halogens is 4. The molecule has 19 heavy (non-hydrogen) atoms. The van der Waals surface area contributed by atoms with E-state index >= 15 is 0 Å². The summed E-state index contributed by atoms with van der Waals surface area (Å²) < 4.78 is 53.3. The molecule has 1 rings (SSSR count). The van der Waals surface area contributed by atoms with E-state index in [4.69, 9.17) is 0 Å². The highest BCUT2D eigenvalue weighted by Gasteiger charge is 2.40. The smallest absolute Gasteiger partial charge is 0.330 e. The minimum absolute atomic E-state index is 0.288. The Morgan fingerprint density at radius 1 is 1.32 bits per heavy atom. The minimum atomic E-state index is -4.14. The topological polar surface area (TPSA) is 47.0 Å². The van der Waals surface area contributed by atoms with Gasteiger partial charge < -0.3 is 10.1 Å². The molecule has 0 unspecified atom stereocenters. The van der Waals surface area contributed by atoms with Crippen LogP contribution in [0.1, 0.15) is 19.0 Å². The third kappa shape index (κ3) is 5.37. The second-order valence-electron chi connectivity index (χ2n) is 3.87. The first-order valence-corrected chi connectivity index (χ1v) is 5.74. The van der Waals surface area contributed by atoms with Gasteiger partial charge in [-0.1, -0.05) is 6.92 Å². The largest absolute Gasteiger partial charge is 0.369 e. The van der Waals surface area contributed by atoms with Gasteiger partial charge in [0.2, 0.25) is 0 Å². The molecule has 0 atom stereocenters. The molecule has 0 amide bonds. The maximum Gasteiger partial charge on any atom is 0.330 e. The highest BCUT2D eigenvalue weighted by molar-refractivity contribution is 5.30. The maximum atomic E-state index is 12.5. The quantitative estimate of drug-likeness (QED) is 0.744. The highest BCUT2D eigenvalue weighted by atomic mass is 19.3. The molecule has 0 saturated heterocycles. The van der Waals surface area contributed by atoms with Crippen LogP contribution in [0.3, 0.4) is 0 Å². The van der Waals surface area contributed by atoms with E-state index in [1.807, 2.05) is 6.92 Å². The number of nitrogens with zero attached hydrogens (tertiary/aromatic N) is 2. The zero-order valence-corrected chi connectivity index (χ0v) is 10.4. The first-order chi connectivity index (χ1) is 8.95. The Kier molecular flexibility index (Phi) is 5.94. The van der Waals surface area contributed by atoms with Crippen molar-refractivity contribution < 1.29 is 22.3 Å². The summed E-state index contributed by atoms with van der Waals surface area (Å²) in [6.45, 7) is 1.10. The fourth-order valence-corrected chi connectivity index (χ4v) is 1.13. The lowest BCUT2D eigenvalue weighted by molar-refractivity contribution is -0.168. The number of rotatable bonds is 8. The Morgan fingerprint density at radius 3 is 2.58 bits per heavy atom. The molecule has 4 nitrogen and oxygen atoms in total. The summed E-state index contributed by atoms with van der Waals surface area (Å²) in [6, 6.07) is 0. The van der Waals surface area contributed by atoms with Crippen LogP contribution in [0.25, 0.3) is 0 Å². The molecule has 0 radical (unpaired) electrons. The van der Waals surface area contributed by atoms with E-state index in [-0.39, 0.29) is 6.61 Å². The molecule has 108 valence electrons. The van der Waals surface area contributed by atoms with Gasteiger partial charge in [0.25, 0.3) is 0 Å². The Hall–Kier alpha value is -1.44. The van der Waals surface area contributed by atoms with Crippen molar-refractivity contribution in [3.8, 4) is 0 Å². The average Bonchev–Trinajstić information content (AvgIpc) is 2.37. The van der Waals surface area contributed by atoms with Crippen molar-refractivity contribution in [3.05, 3.63) is 18.1 Å². The Labute approximate surface area is 108 Å². The summed E-state index contributed by atoms with van der Waals surface area (Å²) in [5, 5.41) is 2.98. The molecule has 1 N–H and O–H groups in total. The van der Waals surface area contributed by atoms with Crippen molar-refractivity contribution in [2.45, 2.75) is 32.3 Å². The van der Waals surface area contributed by atoms with Gasteiger partial charge in [0.1, 0.15) is 12.4 Å². The van der Waals surface area contributed by atoms with Crippen molar-refractivity contribution in [2.24, 2.45) is 0 Å². The summed E-state index contributed by atoms with van der Waals surface area (Å²) in [4.78, 5) is 7.89. The fraction of sp³-hybridized carbons (Fsp3) is 0.636. The monoisotopic (exact) mass is 281 g/mol. The summed E-state index contributed by atoms with van der Waals surface area (Å²) in [6.07, 6.45) is -0.0351. The van der Waals surface area contributed by atoms with Crippen LogP contribution >= 0.6 is 0 Å². The number of anilines is 1. The molecular weight excluding hydrogens is 266 g/mol. The van der Waals surface area contributed by atoms with Crippen LogP contribution < -0.4 is 5.32 Å². The first-order valence-electron chi connectivity index (χ1n) is 5.74. The van der Waals surface area contributed by atoms with Crippen LogP contribution in [0.4, 0.5) is 23.4 Å². The van der Waals surface area contributed by atoms with Gasteiger partial charge in [0, 0.05) is 6.54 Å². The minimum Gasteiger partial charge on any atom is -0.369 e. The summed E-state index contributed by atoms with van der Waals surface area (Å²) in [5.74, 6) is -3.58. The van der Waals surface area contributed by atoms with Crippen molar-refractivity contribution in [2.75, 3.05) is 18.5 Å². The number of aromatic nitrogens is 2. The van der Waals surface area contributed by atoms with E-state index in [1.54, 1.807) is 0 Å². The van der Waals surface area contributed by atoms with Gasteiger partial charge in [0.05, 0.1) is 24.7 Å². The molecule has 1 aromatic heterocycles. The Balaban J connectivity index is 2.38.